The van der Waals surface area contributed by atoms with Crippen LogP contribution in [0.3, 0.4) is 0 Å². The monoisotopic (exact) mass is 356 g/mol. The van der Waals surface area contributed by atoms with Gasteiger partial charge in [-0.15, -0.1) is 0 Å². The highest BCUT2D eigenvalue weighted by Gasteiger charge is 2.02. The molecule has 0 atom stereocenters. The average molecular weight is 356 g/mol. The lowest BCUT2D eigenvalue weighted by Gasteiger charge is -2.05. The topological polar surface area (TPSA) is 71.1 Å². The Bertz CT molecular complexity index is 681. The Morgan fingerprint density at radius 3 is 1.35 bits per heavy atom. The van der Waals surface area contributed by atoms with Crippen molar-refractivity contribution < 1.29 is 28.5 Å². The molecular weight excluding hydrogens is 336 g/mol. The molecule has 0 saturated heterocycles. The van der Waals surface area contributed by atoms with Gasteiger partial charge in [0.25, 0.3) is 0 Å². The summed E-state index contributed by atoms with van der Waals surface area (Å²) in [6, 6.07) is 14.7. The largest absolute Gasteiger partial charge is 0.482 e. The van der Waals surface area contributed by atoms with Crippen molar-refractivity contribution in [3.05, 3.63) is 59.7 Å². The molecule has 6 nitrogen and oxygen atoms in total. The average Bonchev–Trinajstić information content (AvgIpc) is 2.70. The van der Waals surface area contributed by atoms with Gasteiger partial charge in [-0.2, -0.15) is 0 Å². The van der Waals surface area contributed by atoms with Crippen LogP contribution in [-0.2, 0) is 19.1 Å². The van der Waals surface area contributed by atoms with E-state index in [2.05, 4.69) is 9.47 Å². The number of carbonyl (C=O) groups is 2. The normalized spacial score (nSPS) is 10.4. The van der Waals surface area contributed by atoms with Crippen molar-refractivity contribution in [2.24, 2.45) is 0 Å². The number of esters is 2. The first-order chi connectivity index (χ1) is 12.6. The Balaban J connectivity index is 1.88. The van der Waals surface area contributed by atoms with Crippen molar-refractivity contribution in [1.29, 1.82) is 0 Å². The first-order valence-electron chi connectivity index (χ1n) is 7.88. The lowest BCUT2D eigenvalue weighted by molar-refractivity contribution is -0.143. The fraction of sp³-hybridized carbons (Fsp3) is 0.200. The predicted octanol–water partition coefficient (Wildman–Crippen LogP) is 2.96. The van der Waals surface area contributed by atoms with Gasteiger partial charge in [0.2, 0.25) is 0 Å². The Hall–Kier alpha value is -3.28. The molecule has 0 aliphatic rings. The summed E-state index contributed by atoms with van der Waals surface area (Å²) in [5, 5.41) is 0. The summed E-state index contributed by atoms with van der Waals surface area (Å²) in [5.74, 6) is 0.347. The highest BCUT2D eigenvalue weighted by atomic mass is 16.6. The third-order valence-corrected chi connectivity index (χ3v) is 3.40. The zero-order valence-electron chi connectivity index (χ0n) is 14.6. The van der Waals surface area contributed by atoms with E-state index in [-0.39, 0.29) is 13.2 Å². The van der Waals surface area contributed by atoms with Crippen molar-refractivity contribution in [2.45, 2.75) is 0 Å². The van der Waals surface area contributed by atoms with Crippen LogP contribution in [0.2, 0.25) is 0 Å². The molecule has 0 spiro atoms. The van der Waals surface area contributed by atoms with Crippen LogP contribution in [0.1, 0.15) is 11.1 Å². The Labute approximate surface area is 151 Å². The van der Waals surface area contributed by atoms with Gasteiger partial charge in [0, 0.05) is 0 Å². The van der Waals surface area contributed by atoms with Gasteiger partial charge in [0.05, 0.1) is 14.2 Å². The summed E-state index contributed by atoms with van der Waals surface area (Å²) in [7, 11) is 2.63. The van der Waals surface area contributed by atoms with Gasteiger partial charge in [-0.3, -0.25) is 0 Å². The molecule has 2 rings (SSSR count). The highest BCUT2D eigenvalue weighted by Crippen LogP contribution is 2.17. The van der Waals surface area contributed by atoms with Crippen LogP contribution in [0, 0.1) is 0 Å². The standard InChI is InChI=1S/C20H20O6/c1-23-19(21)13-25-17-9-5-15(6-10-17)3-4-16-7-11-18(12-8-16)26-14-20(22)24-2/h3-12H,13-14H2,1-2H3/b4-3+. The third-order valence-electron chi connectivity index (χ3n) is 3.40. The molecular formula is C20H20O6. The van der Waals surface area contributed by atoms with Crippen LogP contribution in [0.5, 0.6) is 11.5 Å². The first-order valence-corrected chi connectivity index (χ1v) is 7.88. The quantitative estimate of drug-likeness (QED) is 0.535. The smallest absolute Gasteiger partial charge is 0.343 e. The molecule has 0 heterocycles. The number of hydrogen-bond acceptors (Lipinski definition) is 6. The molecule has 0 aliphatic carbocycles. The summed E-state index contributed by atoms with van der Waals surface area (Å²) in [6.07, 6.45) is 3.91. The molecule has 0 N–H and O–H groups in total. The van der Waals surface area contributed by atoms with Crippen LogP contribution in [0.25, 0.3) is 12.2 Å². The van der Waals surface area contributed by atoms with Crippen LogP contribution in [0.15, 0.2) is 48.5 Å². The van der Waals surface area contributed by atoms with Crippen molar-refractivity contribution in [3.63, 3.8) is 0 Å². The molecule has 0 fully saturated rings. The van der Waals surface area contributed by atoms with Gasteiger partial charge in [-0.25, -0.2) is 9.59 Å². The number of hydrogen-bond donors (Lipinski definition) is 0. The Morgan fingerprint density at radius 2 is 1.04 bits per heavy atom. The van der Waals surface area contributed by atoms with Crippen molar-refractivity contribution >= 4 is 24.1 Å². The molecule has 0 amide bonds. The van der Waals surface area contributed by atoms with Crippen molar-refractivity contribution in [3.8, 4) is 11.5 Å². The second-order valence-corrected chi connectivity index (χ2v) is 5.20. The molecule has 0 saturated carbocycles. The lowest BCUT2D eigenvalue weighted by atomic mass is 10.1. The zero-order valence-corrected chi connectivity index (χ0v) is 14.6. The van der Waals surface area contributed by atoms with E-state index in [0.29, 0.717) is 11.5 Å². The fourth-order valence-corrected chi connectivity index (χ4v) is 1.95. The van der Waals surface area contributed by atoms with Gasteiger partial charge in [-0.05, 0) is 35.4 Å². The molecule has 0 unspecified atom stereocenters. The molecule has 2 aromatic rings. The number of methoxy groups -OCH3 is 2. The van der Waals surface area contributed by atoms with E-state index < -0.39 is 11.9 Å². The van der Waals surface area contributed by atoms with E-state index in [1.165, 1.54) is 14.2 Å². The fourth-order valence-electron chi connectivity index (χ4n) is 1.95. The summed E-state index contributed by atoms with van der Waals surface area (Å²) < 4.78 is 19.6. The molecule has 136 valence electrons. The summed E-state index contributed by atoms with van der Waals surface area (Å²) >= 11 is 0. The molecule has 2 aromatic carbocycles. The predicted molar refractivity (Wildman–Crippen MR) is 96.8 cm³/mol. The van der Waals surface area contributed by atoms with Crippen molar-refractivity contribution in [2.75, 3.05) is 27.4 Å². The maximum atomic E-state index is 11.0. The van der Waals surface area contributed by atoms with Crippen LogP contribution >= 0.6 is 0 Å². The first kappa shape index (κ1) is 19.1. The lowest BCUT2D eigenvalue weighted by Crippen LogP contribution is -2.12. The van der Waals surface area contributed by atoms with Crippen LogP contribution in [-0.4, -0.2) is 39.4 Å². The van der Waals surface area contributed by atoms with Gasteiger partial charge < -0.3 is 18.9 Å². The Kier molecular flexibility index (Phi) is 7.24. The van der Waals surface area contributed by atoms with E-state index in [1.54, 1.807) is 24.3 Å². The Morgan fingerprint density at radius 1 is 0.692 bits per heavy atom. The second-order valence-electron chi connectivity index (χ2n) is 5.20. The van der Waals surface area contributed by atoms with E-state index in [4.69, 9.17) is 9.47 Å². The van der Waals surface area contributed by atoms with Gasteiger partial charge >= 0.3 is 11.9 Å². The van der Waals surface area contributed by atoms with E-state index in [1.807, 2.05) is 36.4 Å². The van der Waals surface area contributed by atoms with E-state index in [9.17, 15) is 9.59 Å². The van der Waals surface area contributed by atoms with E-state index >= 15 is 0 Å². The molecule has 0 aromatic heterocycles. The minimum atomic E-state index is -0.423. The number of ether oxygens (including phenoxy) is 4. The summed E-state index contributed by atoms with van der Waals surface area (Å²) in [4.78, 5) is 22.1. The third kappa shape index (κ3) is 6.32. The van der Waals surface area contributed by atoms with Crippen molar-refractivity contribution in [1.82, 2.24) is 0 Å². The number of carbonyl (C=O) groups excluding carboxylic acids is 2. The maximum Gasteiger partial charge on any atom is 0.343 e. The van der Waals surface area contributed by atoms with Gasteiger partial charge in [0.1, 0.15) is 11.5 Å². The van der Waals surface area contributed by atoms with E-state index in [0.717, 1.165) is 11.1 Å². The number of benzene rings is 2. The molecule has 6 heteroatoms. The molecule has 0 aliphatic heterocycles. The molecule has 0 bridgehead atoms. The van der Waals surface area contributed by atoms with Gasteiger partial charge in [-0.1, -0.05) is 36.4 Å². The number of rotatable bonds is 8. The van der Waals surface area contributed by atoms with Gasteiger partial charge in [0.15, 0.2) is 13.2 Å². The maximum absolute atomic E-state index is 11.0. The second kappa shape index (κ2) is 9.88. The van der Waals surface area contributed by atoms with Crippen LogP contribution < -0.4 is 9.47 Å². The molecule has 26 heavy (non-hydrogen) atoms. The van der Waals surface area contributed by atoms with Crippen LogP contribution in [0.4, 0.5) is 0 Å². The summed E-state index contributed by atoms with van der Waals surface area (Å²) in [5.41, 5.74) is 1.97. The molecule has 0 radical (unpaired) electrons. The highest BCUT2D eigenvalue weighted by molar-refractivity contribution is 5.72. The summed E-state index contributed by atoms with van der Waals surface area (Å²) in [6.45, 7) is -0.230. The minimum absolute atomic E-state index is 0.115. The zero-order chi connectivity index (χ0) is 18.8. The minimum Gasteiger partial charge on any atom is -0.482 e. The SMILES string of the molecule is COC(=O)COc1ccc(/C=C/c2ccc(OCC(=O)OC)cc2)cc1.